The molecule has 0 bridgehead atoms. The predicted octanol–water partition coefficient (Wildman–Crippen LogP) is 4.13. The number of benzene rings is 2. The Morgan fingerprint density at radius 3 is 2.73 bits per heavy atom. The molecule has 1 N–H and O–H groups in total. The molecule has 0 unspecified atom stereocenters. The minimum Gasteiger partial charge on any atom is -0.452 e. The Morgan fingerprint density at radius 2 is 1.96 bits per heavy atom. The molecule has 0 aliphatic heterocycles. The number of ether oxygens (including phenoxy) is 1. The normalized spacial score (nSPS) is 10.6. The van der Waals surface area contributed by atoms with Gasteiger partial charge in [0.15, 0.2) is 6.61 Å². The highest BCUT2D eigenvalue weighted by Gasteiger charge is 2.15. The predicted molar refractivity (Wildman–Crippen MR) is 96.8 cm³/mol. The smallest absolute Gasteiger partial charge is 0.339 e. The first-order valence-corrected chi connectivity index (χ1v) is 8.10. The lowest BCUT2D eigenvalue weighted by atomic mass is 10.1. The second-order valence-corrected chi connectivity index (χ2v) is 5.99. The van der Waals surface area contributed by atoms with Crippen LogP contribution < -0.4 is 5.32 Å². The Labute approximate surface area is 153 Å². The zero-order valence-corrected chi connectivity index (χ0v) is 14.5. The molecule has 1 aromatic heterocycles. The lowest BCUT2D eigenvalue weighted by Crippen LogP contribution is -2.21. The van der Waals surface area contributed by atoms with Crippen molar-refractivity contribution in [3.8, 4) is 0 Å². The van der Waals surface area contributed by atoms with E-state index in [1.54, 1.807) is 43.3 Å². The molecule has 3 aromatic rings. The maximum Gasteiger partial charge on any atom is 0.339 e. The maximum atomic E-state index is 13.5. The van der Waals surface area contributed by atoms with E-state index < -0.39 is 24.3 Å². The lowest BCUT2D eigenvalue weighted by Gasteiger charge is -2.09. The molecule has 0 radical (unpaired) electrons. The van der Waals surface area contributed by atoms with Crippen LogP contribution in [0.2, 0.25) is 5.15 Å². The number of halogens is 2. The van der Waals surface area contributed by atoms with E-state index in [-0.39, 0.29) is 16.4 Å². The van der Waals surface area contributed by atoms with E-state index in [1.165, 1.54) is 12.1 Å². The van der Waals surface area contributed by atoms with Crippen LogP contribution in [-0.4, -0.2) is 23.5 Å². The fraction of sp³-hybridized carbons (Fsp3) is 0.105. The molecule has 0 spiro atoms. The van der Waals surface area contributed by atoms with Crippen LogP contribution >= 0.6 is 11.6 Å². The topological polar surface area (TPSA) is 68.3 Å². The molecule has 0 atom stereocenters. The number of hydrogen-bond donors (Lipinski definition) is 1. The first-order chi connectivity index (χ1) is 12.4. The maximum absolute atomic E-state index is 13.5. The summed E-state index contributed by atoms with van der Waals surface area (Å²) in [7, 11) is 0. The average Bonchev–Trinajstić information content (AvgIpc) is 2.62. The summed E-state index contributed by atoms with van der Waals surface area (Å²) in [6, 6.07) is 12.7. The first kappa shape index (κ1) is 17.8. The third kappa shape index (κ3) is 3.97. The van der Waals surface area contributed by atoms with Crippen LogP contribution in [-0.2, 0) is 9.53 Å². The number of amides is 1. The SMILES string of the molecule is Cc1ccc(NC(=O)COC(=O)c2cc(Cl)nc3ccccc23)cc1F. The highest BCUT2D eigenvalue weighted by Crippen LogP contribution is 2.21. The minimum absolute atomic E-state index is 0.148. The molecule has 0 saturated heterocycles. The Balaban J connectivity index is 1.69. The van der Waals surface area contributed by atoms with Gasteiger partial charge in [0.25, 0.3) is 5.91 Å². The van der Waals surface area contributed by atoms with Gasteiger partial charge in [0.2, 0.25) is 0 Å². The number of hydrogen-bond acceptors (Lipinski definition) is 4. The highest BCUT2D eigenvalue weighted by molar-refractivity contribution is 6.30. The Hall–Kier alpha value is -2.99. The van der Waals surface area contributed by atoms with Gasteiger partial charge in [-0.15, -0.1) is 0 Å². The van der Waals surface area contributed by atoms with E-state index in [1.807, 2.05) is 0 Å². The summed E-state index contributed by atoms with van der Waals surface area (Å²) in [6.45, 7) is 1.11. The van der Waals surface area contributed by atoms with Gasteiger partial charge in [0.1, 0.15) is 11.0 Å². The summed E-state index contributed by atoms with van der Waals surface area (Å²) in [4.78, 5) is 28.4. The number of nitrogens with zero attached hydrogens (tertiary/aromatic N) is 1. The van der Waals surface area contributed by atoms with E-state index in [9.17, 15) is 14.0 Å². The van der Waals surface area contributed by atoms with Gasteiger partial charge in [-0.25, -0.2) is 14.2 Å². The molecule has 0 fully saturated rings. The lowest BCUT2D eigenvalue weighted by molar-refractivity contribution is -0.119. The number of nitrogens with one attached hydrogen (secondary N) is 1. The molecule has 5 nitrogen and oxygen atoms in total. The fourth-order valence-corrected chi connectivity index (χ4v) is 2.59. The summed E-state index contributed by atoms with van der Waals surface area (Å²) in [5.74, 6) is -1.71. The van der Waals surface area contributed by atoms with E-state index in [2.05, 4.69) is 10.3 Å². The zero-order valence-electron chi connectivity index (χ0n) is 13.8. The summed E-state index contributed by atoms with van der Waals surface area (Å²) in [6.07, 6.45) is 0. The van der Waals surface area contributed by atoms with Crippen molar-refractivity contribution < 1.29 is 18.7 Å². The van der Waals surface area contributed by atoms with Crippen molar-refractivity contribution in [1.29, 1.82) is 0 Å². The van der Waals surface area contributed by atoms with Crippen LogP contribution in [0.25, 0.3) is 10.9 Å². The van der Waals surface area contributed by atoms with Crippen molar-refractivity contribution in [3.05, 3.63) is 70.6 Å². The molecule has 3 rings (SSSR count). The Bertz CT molecular complexity index is 1010. The molecule has 1 amide bonds. The molecule has 7 heteroatoms. The number of esters is 1. The van der Waals surface area contributed by atoms with E-state index >= 15 is 0 Å². The number of rotatable bonds is 4. The summed E-state index contributed by atoms with van der Waals surface area (Å²) < 4.78 is 18.5. The van der Waals surface area contributed by atoms with Crippen LogP contribution in [0.5, 0.6) is 0 Å². The van der Waals surface area contributed by atoms with Crippen molar-refractivity contribution >= 4 is 40.1 Å². The molecular formula is C19H14ClFN2O3. The van der Waals surface area contributed by atoms with Gasteiger partial charge in [-0.05, 0) is 36.8 Å². The molecule has 0 aliphatic rings. The van der Waals surface area contributed by atoms with E-state index in [0.717, 1.165) is 0 Å². The Morgan fingerprint density at radius 1 is 1.19 bits per heavy atom. The number of carbonyl (C=O) groups excluding carboxylic acids is 2. The van der Waals surface area contributed by atoms with Gasteiger partial charge in [-0.1, -0.05) is 35.9 Å². The number of fused-ring (bicyclic) bond motifs is 1. The van der Waals surface area contributed by atoms with Gasteiger partial charge in [-0.3, -0.25) is 4.79 Å². The standard InChI is InChI=1S/C19H14ClFN2O3/c1-11-6-7-12(8-15(11)21)22-18(24)10-26-19(25)14-9-17(20)23-16-5-3-2-4-13(14)16/h2-9H,10H2,1H3,(H,22,24). The quantitative estimate of drug-likeness (QED) is 0.552. The number of aromatic nitrogens is 1. The van der Waals surface area contributed by atoms with Crippen molar-refractivity contribution in [2.75, 3.05) is 11.9 Å². The molecule has 0 saturated carbocycles. The van der Waals surface area contributed by atoms with Crippen LogP contribution in [0.4, 0.5) is 10.1 Å². The van der Waals surface area contributed by atoms with Crippen molar-refractivity contribution in [2.24, 2.45) is 0 Å². The molecule has 1 heterocycles. The van der Waals surface area contributed by atoms with Crippen molar-refractivity contribution in [1.82, 2.24) is 4.98 Å². The second kappa shape index (κ2) is 7.49. The average molecular weight is 373 g/mol. The second-order valence-electron chi connectivity index (χ2n) is 5.60. The van der Waals surface area contributed by atoms with Crippen molar-refractivity contribution in [2.45, 2.75) is 6.92 Å². The van der Waals surface area contributed by atoms with E-state index in [0.29, 0.717) is 16.5 Å². The molecule has 2 aromatic carbocycles. The van der Waals surface area contributed by atoms with Gasteiger partial charge in [-0.2, -0.15) is 0 Å². The number of pyridine rings is 1. The molecule has 26 heavy (non-hydrogen) atoms. The summed E-state index contributed by atoms with van der Waals surface area (Å²) in [5, 5.41) is 3.19. The van der Waals surface area contributed by atoms with Gasteiger partial charge < -0.3 is 10.1 Å². The number of para-hydroxylation sites is 1. The van der Waals surface area contributed by atoms with Gasteiger partial charge >= 0.3 is 5.97 Å². The van der Waals surface area contributed by atoms with Gasteiger partial charge in [0, 0.05) is 11.1 Å². The minimum atomic E-state index is -0.698. The van der Waals surface area contributed by atoms with E-state index in [4.69, 9.17) is 16.3 Å². The third-order valence-corrected chi connectivity index (χ3v) is 3.89. The van der Waals surface area contributed by atoms with Gasteiger partial charge in [0.05, 0.1) is 11.1 Å². The number of aryl methyl sites for hydroxylation is 1. The number of carbonyl (C=O) groups is 2. The Kier molecular flexibility index (Phi) is 5.14. The summed E-state index contributed by atoms with van der Waals surface area (Å²) in [5.41, 5.74) is 1.52. The monoisotopic (exact) mass is 372 g/mol. The highest BCUT2D eigenvalue weighted by atomic mass is 35.5. The van der Waals surface area contributed by atoms with Crippen LogP contribution in [0, 0.1) is 12.7 Å². The fourth-order valence-electron chi connectivity index (χ4n) is 2.39. The molecule has 0 aliphatic carbocycles. The van der Waals surface area contributed by atoms with Crippen LogP contribution in [0.1, 0.15) is 15.9 Å². The number of anilines is 1. The van der Waals surface area contributed by atoms with Crippen molar-refractivity contribution in [3.63, 3.8) is 0 Å². The van der Waals surface area contributed by atoms with Crippen LogP contribution in [0.3, 0.4) is 0 Å². The third-order valence-electron chi connectivity index (χ3n) is 3.69. The largest absolute Gasteiger partial charge is 0.452 e. The summed E-state index contributed by atoms with van der Waals surface area (Å²) >= 11 is 5.93. The first-order valence-electron chi connectivity index (χ1n) is 7.72. The van der Waals surface area contributed by atoms with Crippen LogP contribution in [0.15, 0.2) is 48.5 Å². The molecular weight excluding hydrogens is 359 g/mol. The molecule has 132 valence electrons. The zero-order chi connectivity index (χ0) is 18.7.